The van der Waals surface area contributed by atoms with Crippen LogP contribution < -0.4 is 38.9 Å². The third kappa shape index (κ3) is 12.9. The number of nitrogens with one attached hydrogen (secondary N) is 3. The van der Waals surface area contributed by atoms with E-state index in [2.05, 4.69) is 20.9 Å². The Morgan fingerprint density at radius 1 is 0.889 bits per heavy atom. The maximum Gasteiger partial charge on any atom is 0.326 e. The van der Waals surface area contributed by atoms with Crippen molar-refractivity contribution in [3.63, 3.8) is 0 Å². The number of guanidine groups is 1. The molecule has 4 amide bonds. The van der Waals surface area contributed by atoms with Gasteiger partial charge in [0.2, 0.25) is 23.6 Å². The highest BCUT2D eigenvalue weighted by Gasteiger charge is 2.32. The SMILES string of the molecule is CCC(C)C(NC(=O)C(CCCN=C(N)N)NC(=O)C(CC(N)=O)NC(=O)C(N)CC(C)C)C(=O)O. The predicted molar refractivity (Wildman–Crippen MR) is 134 cm³/mol. The first kappa shape index (κ1) is 32.6. The summed E-state index contributed by atoms with van der Waals surface area (Å²) in [6.07, 6.45) is 0.620. The molecule has 5 unspecified atom stereocenters. The fraction of sp³-hybridized carbons (Fsp3) is 0.727. The normalized spacial score (nSPS) is 15.1. The molecule has 0 aromatic heterocycles. The molecule has 0 rings (SSSR count). The molecule has 0 bridgehead atoms. The van der Waals surface area contributed by atoms with Gasteiger partial charge in [0, 0.05) is 6.54 Å². The van der Waals surface area contributed by atoms with Crippen molar-refractivity contribution >= 4 is 35.6 Å². The molecule has 14 nitrogen and oxygen atoms in total. The van der Waals surface area contributed by atoms with Crippen molar-refractivity contribution in [3.05, 3.63) is 0 Å². The Bertz CT molecular complexity index is 799. The number of carboxylic acid groups (broad SMARTS) is 1. The number of rotatable bonds is 17. The van der Waals surface area contributed by atoms with E-state index >= 15 is 0 Å². The summed E-state index contributed by atoms with van der Waals surface area (Å²) in [5.74, 6) is -4.75. The lowest BCUT2D eigenvalue weighted by Gasteiger charge is -2.26. The molecule has 0 aromatic carbocycles. The van der Waals surface area contributed by atoms with Crippen molar-refractivity contribution < 1.29 is 29.1 Å². The van der Waals surface area contributed by atoms with Crippen LogP contribution in [-0.2, 0) is 24.0 Å². The van der Waals surface area contributed by atoms with Gasteiger partial charge in [0.25, 0.3) is 0 Å². The second kappa shape index (κ2) is 16.3. The number of amides is 4. The van der Waals surface area contributed by atoms with E-state index < -0.39 is 60.2 Å². The van der Waals surface area contributed by atoms with E-state index in [0.717, 1.165) is 0 Å². The maximum atomic E-state index is 13.0. The molecule has 0 heterocycles. The number of nitrogens with zero attached hydrogens (tertiary/aromatic N) is 1. The van der Waals surface area contributed by atoms with E-state index in [1.165, 1.54) is 0 Å². The fourth-order valence-electron chi connectivity index (χ4n) is 3.29. The Balaban J connectivity index is 5.70. The minimum absolute atomic E-state index is 0.0469. The summed E-state index contributed by atoms with van der Waals surface area (Å²) in [7, 11) is 0. The molecular formula is C22H42N8O6. The van der Waals surface area contributed by atoms with Gasteiger partial charge in [-0.05, 0) is 31.1 Å². The highest BCUT2D eigenvalue weighted by molar-refractivity contribution is 5.96. The predicted octanol–water partition coefficient (Wildman–Crippen LogP) is -2.13. The molecule has 12 N–H and O–H groups in total. The van der Waals surface area contributed by atoms with Gasteiger partial charge in [-0.3, -0.25) is 24.2 Å². The fourth-order valence-corrected chi connectivity index (χ4v) is 3.29. The summed E-state index contributed by atoms with van der Waals surface area (Å²) in [5, 5.41) is 16.8. The molecule has 36 heavy (non-hydrogen) atoms. The van der Waals surface area contributed by atoms with Gasteiger partial charge in [-0.1, -0.05) is 34.1 Å². The Labute approximate surface area is 211 Å². The molecule has 0 radical (unpaired) electrons. The lowest BCUT2D eigenvalue weighted by molar-refractivity contribution is -0.144. The maximum absolute atomic E-state index is 13.0. The van der Waals surface area contributed by atoms with Gasteiger partial charge in [-0.2, -0.15) is 0 Å². The highest BCUT2D eigenvalue weighted by Crippen LogP contribution is 2.10. The van der Waals surface area contributed by atoms with Gasteiger partial charge in [0.15, 0.2) is 5.96 Å². The van der Waals surface area contributed by atoms with Crippen molar-refractivity contribution in [2.45, 2.75) is 84.0 Å². The van der Waals surface area contributed by atoms with E-state index in [4.69, 9.17) is 22.9 Å². The number of carbonyl (C=O) groups excluding carboxylic acids is 4. The molecule has 0 saturated heterocycles. The number of hydrogen-bond acceptors (Lipinski definition) is 7. The topological polar surface area (TPSA) is 258 Å². The van der Waals surface area contributed by atoms with Crippen LogP contribution in [-0.4, -0.2) is 71.4 Å². The van der Waals surface area contributed by atoms with Crippen molar-refractivity contribution in [2.24, 2.45) is 39.8 Å². The van der Waals surface area contributed by atoms with E-state index in [-0.39, 0.29) is 37.2 Å². The van der Waals surface area contributed by atoms with Gasteiger partial charge in [0.1, 0.15) is 18.1 Å². The summed E-state index contributed by atoms with van der Waals surface area (Å²) >= 11 is 0. The molecule has 0 saturated carbocycles. The minimum atomic E-state index is -1.38. The van der Waals surface area contributed by atoms with Crippen LogP contribution in [0.3, 0.4) is 0 Å². The molecular weight excluding hydrogens is 472 g/mol. The molecule has 0 spiro atoms. The monoisotopic (exact) mass is 514 g/mol. The van der Waals surface area contributed by atoms with Crippen molar-refractivity contribution in [1.29, 1.82) is 0 Å². The molecule has 5 atom stereocenters. The van der Waals surface area contributed by atoms with Crippen molar-refractivity contribution in [1.82, 2.24) is 16.0 Å². The molecule has 0 aliphatic carbocycles. The number of aliphatic carboxylic acids is 1. The third-order valence-corrected chi connectivity index (χ3v) is 5.46. The zero-order chi connectivity index (χ0) is 28.0. The second-order valence-corrected chi connectivity index (χ2v) is 9.19. The van der Waals surface area contributed by atoms with E-state index in [1.807, 2.05) is 13.8 Å². The summed E-state index contributed by atoms with van der Waals surface area (Å²) in [6, 6.07) is -4.69. The first-order valence-electron chi connectivity index (χ1n) is 11.9. The van der Waals surface area contributed by atoms with E-state index in [1.54, 1.807) is 13.8 Å². The lowest BCUT2D eigenvalue weighted by Crippen LogP contribution is -2.58. The van der Waals surface area contributed by atoms with Crippen LogP contribution in [0.25, 0.3) is 0 Å². The zero-order valence-electron chi connectivity index (χ0n) is 21.5. The number of aliphatic imine (C=N–C) groups is 1. The van der Waals surface area contributed by atoms with Crippen LogP contribution >= 0.6 is 0 Å². The number of hydrogen-bond donors (Lipinski definition) is 8. The quantitative estimate of drug-likeness (QED) is 0.0598. The summed E-state index contributed by atoms with van der Waals surface area (Å²) in [6.45, 7) is 7.35. The Kier molecular flexibility index (Phi) is 14.7. The molecule has 0 aromatic rings. The van der Waals surface area contributed by atoms with Gasteiger partial charge in [0.05, 0.1) is 12.5 Å². The first-order valence-corrected chi connectivity index (χ1v) is 11.9. The number of primary amides is 1. The van der Waals surface area contributed by atoms with Gasteiger partial charge >= 0.3 is 5.97 Å². The van der Waals surface area contributed by atoms with Crippen LogP contribution in [0.15, 0.2) is 4.99 Å². The average molecular weight is 515 g/mol. The van der Waals surface area contributed by atoms with E-state index in [9.17, 15) is 29.1 Å². The van der Waals surface area contributed by atoms with Gasteiger partial charge < -0.3 is 44.0 Å². The first-order chi connectivity index (χ1) is 16.7. The molecule has 14 heteroatoms. The molecule has 0 fully saturated rings. The van der Waals surface area contributed by atoms with Gasteiger partial charge in [-0.25, -0.2) is 4.79 Å². The van der Waals surface area contributed by atoms with Crippen LogP contribution in [0.4, 0.5) is 0 Å². The van der Waals surface area contributed by atoms with Crippen LogP contribution in [0, 0.1) is 11.8 Å². The Morgan fingerprint density at radius 3 is 1.92 bits per heavy atom. The Morgan fingerprint density at radius 2 is 1.44 bits per heavy atom. The number of nitrogens with two attached hydrogens (primary N) is 4. The van der Waals surface area contributed by atoms with Crippen molar-refractivity contribution in [2.75, 3.05) is 6.54 Å². The van der Waals surface area contributed by atoms with Crippen LogP contribution in [0.2, 0.25) is 0 Å². The summed E-state index contributed by atoms with van der Waals surface area (Å²) in [4.78, 5) is 65.4. The average Bonchev–Trinajstić information content (AvgIpc) is 2.76. The number of carbonyl (C=O) groups is 5. The lowest BCUT2D eigenvalue weighted by atomic mass is 9.98. The third-order valence-electron chi connectivity index (χ3n) is 5.46. The van der Waals surface area contributed by atoms with Crippen LogP contribution in [0.1, 0.15) is 59.8 Å². The van der Waals surface area contributed by atoms with E-state index in [0.29, 0.717) is 12.8 Å². The standard InChI is InChI=1S/C22H42N8O6/c1-5-12(4)17(21(35)36)30-19(33)14(7-6-8-27-22(25)26)28-20(34)15(10-16(24)31)29-18(32)13(23)9-11(2)3/h11-15,17H,5-10,23H2,1-4H3,(H2,24,31)(H,28,34)(H,29,32)(H,30,33)(H,35,36)(H4,25,26,27). The second-order valence-electron chi connectivity index (χ2n) is 9.19. The summed E-state index contributed by atoms with van der Waals surface area (Å²) < 4.78 is 0. The smallest absolute Gasteiger partial charge is 0.326 e. The molecule has 0 aliphatic heterocycles. The molecule has 206 valence electrons. The minimum Gasteiger partial charge on any atom is -0.480 e. The largest absolute Gasteiger partial charge is 0.480 e. The van der Waals surface area contributed by atoms with Crippen LogP contribution in [0.5, 0.6) is 0 Å². The summed E-state index contributed by atoms with van der Waals surface area (Å²) in [5.41, 5.74) is 21.7. The zero-order valence-corrected chi connectivity index (χ0v) is 21.5. The Hall–Kier alpha value is -3.42. The molecule has 0 aliphatic rings. The number of carboxylic acids is 1. The van der Waals surface area contributed by atoms with Crippen molar-refractivity contribution in [3.8, 4) is 0 Å². The highest BCUT2D eigenvalue weighted by atomic mass is 16.4. The van der Waals surface area contributed by atoms with Gasteiger partial charge in [-0.15, -0.1) is 0 Å².